The Kier molecular flexibility index (Phi) is 4.65. The average molecular weight is 277 g/mol. The lowest BCUT2D eigenvalue weighted by molar-refractivity contribution is 0.0694. The van der Waals surface area contributed by atoms with Crippen LogP contribution in [0.25, 0.3) is 5.82 Å². The minimum atomic E-state index is -0.555. The number of nitrogens with zero attached hydrogens (tertiary/aromatic N) is 5. The molecule has 0 fully saturated rings. The molecular weight excluding hydrogens is 258 g/mol. The molecule has 0 unspecified atom stereocenters. The van der Waals surface area contributed by atoms with Crippen LogP contribution in [-0.4, -0.2) is 58.5 Å². The van der Waals surface area contributed by atoms with Crippen molar-refractivity contribution in [1.82, 2.24) is 20.0 Å². The fraction of sp³-hybridized carbons (Fsp3) is 0.462. The molecule has 0 bridgehead atoms. The number of aryl methyl sites for hydroxylation is 1. The Labute approximate surface area is 117 Å². The summed E-state index contributed by atoms with van der Waals surface area (Å²) in [5.74, 6) is 1.35. The molecular formula is C13H19N5O2. The Morgan fingerprint density at radius 3 is 2.70 bits per heavy atom. The summed E-state index contributed by atoms with van der Waals surface area (Å²) in [5.41, 5.74) is 0.927. The molecule has 1 N–H and O–H groups in total. The molecule has 2 aromatic heterocycles. The van der Waals surface area contributed by atoms with Gasteiger partial charge in [-0.25, -0.2) is 4.68 Å². The molecule has 0 saturated heterocycles. The molecule has 0 spiro atoms. The van der Waals surface area contributed by atoms with E-state index in [4.69, 9.17) is 4.74 Å². The van der Waals surface area contributed by atoms with Crippen molar-refractivity contribution in [3.05, 3.63) is 30.1 Å². The predicted molar refractivity (Wildman–Crippen MR) is 75.0 cm³/mol. The van der Waals surface area contributed by atoms with E-state index in [-0.39, 0.29) is 0 Å². The predicted octanol–water partition coefficient (Wildman–Crippen LogP) is 0.414. The van der Waals surface area contributed by atoms with Crippen molar-refractivity contribution in [2.24, 2.45) is 0 Å². The van der Waals surface area contributed by atoms with Gasteiger partial charge in [-0.1, -0.05) is 0 Å². The van der Waals surface area contributed by atoms with Crippen LogP contribution in [0.1, 0.15) is 5.69 Å². The third-order valence-electron chi connectivity index (χ3n) is 2.83. The summed E-state index contributed by atoms with van der Waals surface area (Å²) >= 11 is 0. The Hall–Kier alpha value is -1.99. The van der Waals surface area contributed by atoms with E-state index in [0.29, 0.717) is 24.8 Å². The number of anilines is 1. The zero-order chi connectivity index (χ0) is 14.5. The smallest absolute Gasteiger partial charge is 0.175 e. The van der Waals surface area contributed by atoms with Gasteiger partial charge in [0.1, 0.15) is 0 Å². The number of aliphatic hydroxyl groups excluding tert-OH is 1. The quantitative estimate of drug-likeness (QED) is 0.824. The van der Waals surface area contributed by atoms with Crippen molar-refractivity contribution in [2.45, 2.75) is 13.0 Å². The van der Waals surface area contributed by atoms with Crippen LogP contribution in [0.4, 0.5) is 5.82 Å². The molecule has 0 aliphatic heterocycles. The molecule has 2 heterocycles. The van der Waals surface area contributed by atoms with Crippen molar-refractivity contribution in [2.75, 3.05) is 32.2 Å². The second-order valence-corrected chi connectivity index (χ2v) is 4.64. The van der Waals surface area contributed by atoms with Crippen molar-refractivity contribution in [3.63, 3.8) is 0 Å². The Balaban J connectivity index is 2.04. The number of aromatic nitrogens is 4. The summed E-state index contributed by atoms with van der Waals surface area (Å²) in [6.45, 7) is 2.65. The lowest BCUT2D eigenvalue weighted by atomic mass is 10.3. The zero-order valence-electron chi connectivity index (χ0n) is 11.9. The molecule has 0 saturated carbocycles. The van der Waals surface area contributed by atoms with Gasteiger partial charge < -0.3 is 14.7 Å². The first kappa shape index (κ1) is 14.4. The van der Waals surface area contributed by atoms with Gasteiger partial charge in [0.25, 0.3) is 0 Å². The third-order valence-corrected chi connectivity index (χ3v) is 2.83. The molecule has 0 radical (unpaired) electrons. The highest BCUT2D eigenvalue weighted by Gasteiger charge is 2.10. The summed E-state index contributed by atoms with van der Waals surface area (Å²) < 4.78 is 6.57. The van der Waals surface area contributed by atoms with Crippen LogP contribution in [0.5, 0.6) is 0 Å². The number of ether oxygens (including phenoxy) is 1. The van der Waals surface area contributed by atoms with Crippen molar-refractivity contribution >= 4 is 5.82 Å². The molecule has 2 rings (SSSR count). The van der Waals surface area contributed by atoms with Crippen molar-refractivity contribution in [1.29, 1.82) is 0 Å². The molecule has 0 aromatic carbocycles. The zero-order valence-corrected chi connectivity index (χ0v) is 11.9. The van der Waals surface area contributed by atoms with Gasteiger partial charge in [-0.2, -0.15) is 5.10 Å². The van der Waals surface area contributed by atoms with Crippen LogP contribution in [0, 0.1) is 6.92 Å². The van der Waals surface area contributed by atoms with Crippen molar-refractivity contribution in [3.8, 4) is 5.82 Å². The molecule has 2 aromatic rings. The highest BCUT2D eigenvalue weighted by Crippen LogP contribution is 2.10. The van der Waals surface area contributed by atoms with E-state index >= 15 is 0 Å². The van der Waals surface area contributed by atoms with Gasteiger partial charge in [0.2, 0.25) is 0 Å². The van der Waals surface area contributed by atoms with Gasteiger partial charge in [-0.15, -0.1) is 10.2 Å². The monoisotopic (exact) mass is 277 g/mol. The maximum absolute atomic E-state index is 9.69. The van der Waals surface area contributed by atoms with E-state index < -0.39 is 6.10 Å². The number of methoxy groups -OCH3 is 1. The van der Waals surface area contributed by atoms with Crippen LogP contribution < -0.4 is 4.90 Å². The van der Waals surface area contributed by atoms with Gasteiger partial charge >= 0.3 is 0 Å². The first-order valence-corrected chi connectivity index (χ1v) is 6.34. The summed E-state index contributed by atoms with van der Waals surface area (Å²) in [7, 11) is 3.41. The summed E-state index contributed by atoms with van der Waals surface area (Å²) in [6, 6.07) is 5.59. The molecule has 0 amide bonds. The van der Waals surface area contributed by atoms with Crippen LogP contribution in [0.3, 0.4) is 0 Å². The Morgan fingerprint density at radius 1 is 1.35 bits per heavy atom. The fourth-order valence-electron chi connectivity index (χ4n) is 1.84. The number of rotatable bonds is 6. The third kappa shape index (κ3) is 3.52. The Bertz CT molecular complexity index is 540. The summed E-state index contributed by atoms with van der Waals surface area (Å²) in [6.07, 6.45) is 1.28. The van der Waals surface area contributed by atoms with E-state index in [2.05, 4.69) is 15.3 Å². The highest BCUT2D eigenvalue weighted by molar-refractivity contribution is 5.38. The lowest BCUT2D eigenvalue weighted by Crippen LogP contribution is -2.32. The fourth-order valence-corrected chi connectivity index (χ4v) is 1.84. The first-order valence-electron chi connectivity index (χ1n) is 6.34. The summed E-state index contributed by atoms with van der Waals surface area (Å²) in [5, 5.41) is 22.2. The molecule has 0 aliphatic carbocycles. The minimum absolute atomic E-state index is 0.294. The Morgan fingerprint density at radius 2 is 2.15 bits per heavy atom. The first-order chi connectivity index (χ1) is 9.60. The summed E-state index contributed by atoms with van der Waals surface area (Å²) in [4.78, 5) is 1.83. The van der Waals surface area contributed by atoms with E-state index in [1.807, 2.05) is 43.3 Å². The maximum Gasteiger partial charge on any atom is 0.175 e. The molecule has 0 aliphatic rings. The standard InChI is InChI=1S/C13H19N5O2/c1-10-6-7-18(16-10)13-5-4-12(14-15-13)17(2)8-11(19)9-20-3/h4-7,11,19H,8-9H2,1-3H3/t11-/m0/s1. The topological polar surface area (TPSA) is 76.3 Å². The highest BCUT2D eigenvalue weighted by atomic mass is 16.5. The number of aliphatic hydroxyl groups is 1. The number of hydrogen-bond donors (Lipinski definition) is 1. The lowest BCUT2D eigenvalue weighted by Gasteiger charge is -2.20. The number of likely N-dealkylation sites (N-methyl/N-ethyl adjacent to an activating group) is 1. The molecule has 20 heavy (non-hydrogen) atoms. The van der Waals surface area contributed by atoms with Crippen LogP contribution in [0.15, 0.2) is 24.4 Å². The van der Waals surface area contributed by atoms with Crippen LogP contribution in [0.2, 0.25) is 0 Å². The van der Waals surface area contributed by atoms with Gasteiger partial charge in [-0.3, -0.25) is 0 Å². The van der Waals surface area contributed by atoms with Gasteiger partial charge in [0.15, 0.2) is 11.6 Å². The molecule has 7 heteroatoms. The van der Waals surface area contributed by atoms with Gasteiger partial charge in [-0.05, 0) is 25.1 Å². The average Bonchev–Trinajstić information content (AvgIpc) is 2.86. The minimum Gasteiger partial charge on any atom is -0.389 e. The molecule has 108 valence electrons. The molecule has 7 nitrogen and oxygen atoms in total. The van der Waals surface area contributed by atoms with E-state index in [0.717, 1.165) is 5.69 Å². The van der Waals surface area contributed by atoms with Crippen LogP contribution >= 0.6 is 0 Å². The van der Waals surface area contributed by atoms with Crippen molar-refractivity contribution < 1.29 is 9.84 Å². The molecule has 1 atom stereocenters. The van der Waals surface area contributed by atoms with Crippen LogP contribution in [-0.2, 0) is 4.74 Å². The van der Waals surface area contributed by atoms with E-state index in [9.17, 15) is 5.11 Å². The normalized spacial score (nSPS) is 12.4. The maximum atomic E-state index is 9.69. The van der Waals surface area contributed by atoms with Gasteiger partial charge in [0, 0.05) is 26.9 Å². The van der Waals surface area contributed by atoms with E-state index in [1.165, 1.54) is 0 Å². The second kappa shape index (κ2) is 6.44. The largest absolute Gasteiger partial charge is 0.389 e. The number of hydrogen-bond acceptors (Lipinski definition) is 6. The second-order valence-electron chi connectivity index (χ2n) is 4.64. The van der Waals surface area contributed by atoms with Gasteiger partial charge in [0.05, 0.1) is 18.4 Å². The SMILES string of the molecule is COC[C@@H](O)CN(C)c1ccc(-n2ccc(C)n2)nn1. The van der Waals surface area contributed by atoms with E-state index in [1.54, 1.807) is 11.8 Å².